The van der Waals surface area contributed by atoms with Crippen molar-refractivity contribution in [1.82, 2.24) is 4.90 Å². The van der Waals surface area contributed by atoms with Gasteiger partial charge in [0.05, 0.1) is 0 Å². The summed E-state index contributed by atoms with van der Waals surface area (Å²) < 4.78 is 0. The monoisotopic (exact) mass is 343 g/mol. The fourth-order valence-electron chi connectivity index (χ4n) is 3.08. The molecule has 2 amide bonds. The lowest BCUT2D eigenvalue weighted by molar-refractivity contribution is 0.208. The summed E-state index contributed by atoms with van der Waals surface area (Å²) in [6.45, 7) is 7.34. The standard InChI is InChI=1S/C19H22ClN3O/c1-14-6-7-18(15(2)12-14)22-8-10-23(11-9-22)19(24)21-17-5-3-4-16(20)13-17/h3-7,12-13H,8-11H2,1-2H3,(H,21,24). The lowest BCUT2D eigenvalue weighted by Gasteiger charge is -2.36. The molecule has 24 heavy (non-hydrogen) atoms. The Morgan fingerprint density at radius 3 is 2.46 bits per heavy atom. The van der Waals surface area contributed by atoms with Gasteiger partial charge in [0.15, 0.2) is 0 Å². The van der Waals surface area contributed by atoms with Crippen molar-refractivity contribution in [1.29, 1.82) is 0 Å². The normalized spacial score (nSPS) is 14.6. The molecule has 0 radical (unpaired) electrons. The van der Waals surface area contributed by atoms with Crippen LogP contribution in [0.15, 0.2) is 42.5 Å². The highest BCUT2D eigenvalue weighted by Crippen LogP contribution is 2.23. The van der Waals surface area contributed by atoms with E-state index in [4.69, 9.17) is 11.6 Å². The van der Waals surface area contributed by atoms with Crippen molar-refractivity contribution < 1.29 is 4.79 Å². The molecule has 1 N–H and O–H groups in total. The Kier molecular flexibility index (Phi) is 4.95. The van der Waals surface area contributed by atoms with E-state index in [9.17, 15) is 4.79 Å². The molecule has 2 aromatic carbocycles. The van der Waals surface area contributed by atoms with Crippen LogP contribution in [0.1, 0.15) is 11.1 Å². The maximum absolute atomic E-state index is 12.4. The third kappa shape index (κ3) is 3.82. The van der Waals surface area contributed by atoms with Crippen molar-refractivity contribution in [2.24, 2.45) is 0 Å². The van der Waals surface area contributed by atoms with Crippen LogP contribution in [0.4, 0.5) is 16.2 Å². The second-order valence-electron chi connectivity index (χ2n) is 6.20. The molecule has 0 unspecified atom stereocenters. The molecule has 126 valence electrons. The van der Waals surface area contributed by atoms with E-state index in [0.29, 0.717) is 18.1 Å². The van der Waals surface area contributed by atoms with Crippen LogP contribution in [0.5, 0.6) is 0 Å². The summed E-state index contributed by atoms with van der Waals surface area (Å²) in [5.41, 5.74) is 4.54. The molecule has 1 aliphatic rings. The first-order valence-corrected chi connectivity index (χ1v) is 8.54. The predicted molar refractivity (Wildman–Crippen MR) is 100 cm³/mol. The minimum absolute atomic E-state index is 0.0717. The molecule has 5 heteroatoms. The summed E-state index contributed by atoms with van der Waals surface area (Å²) in [6, 6.07) is 13.7. The Labute approximate surface area is 148 Å². The van der Waals surface area contributed by atoms with Crippen molar-refractivity contribution in [2.45, 2.75) is 13.8 Å². The molecule has 1 saturated heterocycles. The van der Waals surface area contributed by atoms with E-state index < -0.39 is 0 Å². The second-order valence-corrected chi connectivity index (χ2v) is 6.64. The first-order chi connectivity index (χ1) is 11.5. The molecule has 1 aliphatic heterocycles. The molecule has 0 atom stereocenters. The summed E-state index contributed by atoms with van der Waals surface area (Å²) in [5, 5.41) is 3.53. The molecule has 0 aromatic heterocycles. The summed E-state index contributed by atoms with van der Waals surface area (Å²) in [7, 11) is 0. The molecule has 0 bridgehead atoms. The average Bonchev–Trinajstić information content (AvgIpc) is 2.55. The van der Waals surface area contributed by atoms with Gasteiger partial charge in [-0.15, -0.1) is 0 Å². The Morgan fingerprint density at radius 2 is 1.79 bits per heavy atom. The number of hydrogen-bond donors (Lipinski definition) is 1. The highest BCUT2D eigenvalue weighted by Gasteiger charge is 2.22. The highest BCUT2D eigenvalue weighted by molar-refractivity contribution is 6.30. The molecule has 0 aliphatic carbocycles. The van der Waals surface area contributed by atoms with Gasteiger partial charge in [-0.3, -0.25) is 0 Å². The maximum Gasteiger partial charge on any atom is 0.321 e. The average molecular weight is 344 g/mol. The number of nitrogens with zero attached hydrogens (tertiary/aromatic N) is 2. The number of urea groups is 1. The number of amides is 2. The Hall–Kier alpha value is -2.20. The maximum atomic E-state index is 12.4. The van der Waals surface area contributed by atoms with Gasteiger partial charge in [-0.1, -0.05) is 35.4 Å². The van der Waals surface area contributed by atoms with Gasteiger partial charge in [0, 0.05) is 42.6 Å². The lowest BCUT2D eigenvalue weighted by atomic mass is 10.1. The van der Waals surface area contributed by atoms with Crippen LogP contribution in [0.25, 0.3) is 0 Å². The van der Waals surface area contributed by atoms with Crippen molar-refractivity contribution in [3.05, 3.63) is 58.6 Å². The minimum Gasteiger partial charge on any atom is -0.368 e. The Bertz CT molecular complexity index is 739. The fraction of sp³-hybridized carbons (Fsp3) is 0.316. The number of aryl methyl sites for hydroxylation is 2. The highest BCUT2D eigenvalue weighted by atomic mass is 35.5. The molecular weight excluding hydrogens is 322 g/mol. The van der Waals surface area contributed by atoms with Gasteiger partial charge >= 0.3 is 6.03 Å². The van der Waals surface area contributed by atoms with Crippen molar-refractivity contribution in [3.8, 4) is 0 Å². The van der Waals surface area contributed by atoms with Crippen molar-refractivity contribution in [3.63, 3.8) is 0 Å². The van der Waals surface area contributed by atoms with Gasteiger partial charge in [0.1, 0.15) is 0 Å². The van der Waals surface area contributed by atoms with Gasteiger partial charge in [0.25, 0.3) is 0 Å². The molecular formula is C19H22ClN3O. The van der Waals surface area contributed by atoms with Crippen LogP contribution in [0.3, 0.4) is 0 Å². The van der Waals surface area contributed by atoms with Gasteiger partial charge in [0.2, 0.25) is 0 Å². The zero-order valence-corrected chi connectivity index (χ0v) is 14.8. The zero-order valence-electron chi connectivity index (χ0n) is 14.1. The number of hydrogen-bond acceptors (Lipinski definition) is 2. The summed E-state index contributed by atoms with van der Waals surface area (Å²) >= 11 is 5.96. The molecule has 3 rings (SSSR count). The lowest BCUT2D eigenvalue weighted by Crippen LogP contribution is -2.50. The zero-order chi connectivity index (χ0) is 17.1. The van der Waals surface area contributed by atoms with Crippen LogP contribution in [-0.2, 0) is 0 Å². The van der Waals surface area contributed by atoms with Crippen LogP contribution >= 0.6 is 11.6 Å². The molecule has 1 heterocycles. The number of halogens is 1. The van der Waals surface area contributed by atoms with Crippen molar-refractivity contribution >= 4 is 29.0 Å². The summed E-state index contributed by atoms with van der Waals surface area (Å²) in [6.07, 6.45) is 0. The molecule has 2 aromatic rings. The second kappa shape index (κ2) is 7.14. The van der Waals surface area contributed by atoms with E-state index in [2.05, 4.69) is 42.3 Å². The van der Waals surface area contributed by atoms with Gasteiger partial charge < -0.3 is 15.1 Å². The van der Waals surface area contributed by atoms with E-state index in [1.54, 1.807) is 12.1 Å². The number of rotatable bonds is 2. The number of benzene rings is 2. The largest absolute Gasteiger partial charge is 0.368 e. The van der Waals surface area contributed by atoms with E-state index in [-0.39, 0.29) is 6.03 Å². The van der Waals surface area contributed by atoms with Gasteiger partial charge in [-0.05, 0) is 43.7 Å². The summed E-state index contributed by atoms with van der Waals surface area (Å²) in [4.78, 5) is 16.6. The van der Waals surface area contributed by atoms with Crippen LogP contribution in [0.2, 0.25) is 5.02 Å². The summed E-state index contributed by atoms with van der Waals surface area (Å²) in [5.74, 6) is 0. The predicted octanol–water partition coefficient (Wildman–Crippen LogP) is 4.31. The molecule has 4 nitrogen and oxygen atoms in total. The van der Waals surface area contributed by atoms with E-state index in [0.717, 1.165) is 18.8 Å². The van der Waals surface area contributed by atoms with Crippen LogP contribution < -0.4 is 10.2 Å². The first-order valence-electron chi connectivity index (χ1n) is 8.16. The topological polar surface area (TPSA) is 35.6 Å². The Balaban J connectivity index is 1.59. The van der Waals surface area contributed by atoms with E-state index in [1.807, 2.05) is 17.0 Å². The van der Waals surface area contributed by atoms with Crippen LogP contribution in [0, 0.1) is 13.8 Å². The van der Waals surface area contributed by atoms with E-state index in [1.165, 1.54) is 16.8 Å². The molecule has 0 spiro atoms. The third-order valence-electron chi connectivity index (χ3n) is 4.34. The van der Waals surface area contributed by atoms with Crippen LogP contribution in [-0.4, -0.2) is 37.1 Å². The third-order valence-corrected chi connectivity index (χ3v) is 4.57. The fourth-order valence-corrected chi connectivity index (χ4v) is 3.27. The van der Waals surface area contributed by atoms with Gasteiger partial charge in [-0.25, -0.2) is 4.79 Å². The number of carbonyl (C=O) groups is 1. The molecule has 0 saturated carbocycles. The van der Waals surface area contributed by atoms with Gasteiger partial charge in [-0.2, -0.15) is 0 Å². The van der Waals surface area contributed by atoms with Crippen molar-refractivity contribution in [2.75, 3.05) is 36.4 Å². The first kappa shape index (κ1) is 16.7. The van der Waals surface area contributed by atoms with E-state index >= 15 is 0 Å². The number of piperazine rings is 1. The number of anilines is 2. The number of carbonyl (C=O) groups excluding carboxylic acids is 1. The smallest absolute Gasteiger partial charge is 0.321 e. The Morgan fingerprint density at radius 1 is 1.04 bits per heavy atom. The SMILES string of the molecule is Cc1ccc(N2CCN(C(=O)Nc3cccc(Cl)c3)CC2)c(C)c1. The number of nitrogens with one attached hydrogen (secondary N) is 1. The molecule has 1 fully saturated rings. The minimum atomic E-state index is -0.0717. The quantitative estimate of drug-likeness (QED) is 0.881.